The predicted molar refractivity (Wildman–Crippen MR) is 252 cm³/mol. The van der Waals surface area contributed by atoms with E-state index >= 15 is 0 Å². The third kappa shape index (κ3) is 47.3. The number of carbonyl (C=O) groups is 3. The Labute approximate surface area is 368 Å². The Bertz CT molecular complexity index is 914. The maximum Gasteiger partial charge on any atom is 0.306 e. The van der Waals surface area contributed by atoms with E-state index < -0.39 is 6.10 Å². The van der Waals surface area contributed by atoms with E-state index in [9.17, 15) is 14.4 Å². The van der Waals surface area contributed by atoms with Crippen molar-refractivity contribution in [3.05, 3.63) is 0 Å². The summed E-state index contributed by atoms with van der Waals surface area (Å²) in [6.45, 7) is 13.7. The van der Waals surface area contributed by atoms with Gasteiger partial charge in [-0.2, -0.15) is 0 Å². The van der Waals surface area contributed by atoms with Crippen molar-refractivity contribution < 1.29 is 28.6 Å². The molecular weight excluding hydrogens is 733 g/mol. The molecule has 1 atom stereocenters. The van der Waals surface area contributed by atoms with Crippen LogP contribution in [0.3, 0.4) is 0 Å². The number of unbranched alkanes of at least 4 members (excludes halogenated alkanes) is 29. The number of carbonyl (C=O) groups excluding carboxylic acids is 3. The Kier molecular flexibility index (Phi) is 43.3. The van der Waals surface area contributed by atoms with Crippen LogP contribution in [-0.2, 0) is 28.6 Å². The van der Waals surface area contributed by atoms with Gasteiger partial charge in [0, 0.05) is 19.3 Å². The van der Waals surface area contributed by atoms with E-state index in [2.05, 4.69) is 41.5 Å². The van der Waals surface area contributed by atoms with Crippen LogP contribution >= 0.6 is 0 Å². The Morgan fingerprint density at radius 2 is 0.492 bits per heavy atom. The van der Waals surface area contributed by atoms with E-state index in [1.165, 1.54) is 167 Å². The molecule has 0 spiro atoms. The van der Waals surface area contributed by atoms with Gasteiger partial charge in [0.25, 0.3) is 0 Å². The first kappa shape index (κ1) is 57.4. The van der Waals surface area contributed by atoms with Crippen molar-refractivity contribution in [1.29, 1.82) is 0 Å². The summed E-state index contributed by atoms with van der Waals surface area (Å²) in [5, 5.41) is 0. The van der Waals surface area contributed by atoms with Crippen molar-refractivity contribution in [3.8, 4) is 0 Å². The quantitative estimate of drug-likeness (QED) is 0.0345. The SMILES string of the molecule is CC(C)CCCCCCCCCCCCCCC(=O)OC[C@H](COC(=O)CCCCCCCCCCCCCC(C)C)OC(=O)CCCCCCCCCCCC(C)C. The fraction of sp³-hybridized carbons (Fsp3) is 0.943. The number of ether oxygens (including phenoxy) is 3. The third-order valence-corrected chi connectivity index (χ3v) is 11.9. The molecule has 0 saturated heterocycles. The van der Waals surface area contributed by atoms with Gasteiger partial charge in [0.15, 0.2) is 6.10 Å². The molecule has 59 heavy (non-hydrogen) atoms. The molecule has 0 N–H and O–H groups in total. The second-order valence-electron chi connectivity index (χ2n) is 19.6. The molecule has 0 bridgehead atoms. The van der Waals surface area contributed by atoms with Crippen molar-refractivity contribution in [1.82, 2.24) is 0 Å². The Hall–Kier alpha value is -1.59. The summed E-state index contributed by atoms with van der Waals surface area (Å²) in [4.78, 5) is 38.0. The van der Waals surface area contributed by atoms with Crippen molar-refractivity contribution >= 4 is 17.9 Å². The number of esters is 3. The Balaban J connectivity index is 4.31. The highest BCUT2D eigenvalue weighted by Gasteiger charge is 2.19. The lowest BCUT2D eigenvalue weighted by molar-refractivity contribution is -0.167. The minimum atomic E-state index is -0.763. The van der Waals surface area contributed by atoms with E-state index in [0.29, 0.717) is 19.3 Å². The van der Waals surface area contributed by atoms with Gasteiger partial charge in [-0.3, -0.25) is 14.4 Å². The van der Waals surface area contributed by atoms with Gasteiger partial charge in [-0.15, -0.1) is 0 Å². The standard InChI is InChI=1S/C53H102O6/c1-47(2)39-33-27-21-15-10-7-8-12-18-24-30-36-42-51(54)57-45-50(59-53(56)44-38-32-26-20-14-17-23-29-35-41-49(5)6)46-58-52(55)43-37-31-25-19-13-9-11-16-22-28-34-40-48(3)4/h47-50H,7-46H2,1-6H3/t50-/m1/s1. The average Bonchev–Trinajstić information content (AvgIpc) is 3.19. The zero-order valence-corrected chi connectivity index (χ0v) is 40.5. The summed E-state index contributed by atoms with van der Waals surface area (Å²) in [5.41, 5.74) is 0. The molecule has 0 aliphatic heterocycles. The smallest absolute Gasteiger partial charge is 0.306 e. The van der Waals surface area contributed by atoms with Crippen LogP contribution in [0.15, 0.2) is 0 Å². The zero-order chi connectivity index (χ0) is 43.4. The molecule has 0 amide bonds. The lowest BCUT2D eigenvalue weighted by Crippen LogP contribution is -2.30. The van der Waals surface area contributed by atoms with E-state index in [4.69, 9.17) is 14.2 Å². The summed E-state index contributed by atoms with van der Waals surface area (Å²) in [7, 11) is 0. The lowest BCUT2D eigenvalue weighted by atomic mass is 10.0. The number of hydrogen-bond acceptors (Lipinski definition) is 6. The van der Waals surface area contributed by atoms with Crippen LogP contribution in [0.1, 0.15) is 286 Å². The van der Waals surface area contributed by atoms with Crippen molar-refractivity contribution in [2.75, 3.05) is 13.2 Å². The van der Waals surface area contributed by atoms with Crippen molar-refractivity contribution in [2.45, 2.75) is 292 Å². The van der Waals surface area contributed by atoms with Crippen LogP contribution in [0.25, 0.3) is 0 Å². The minimum absolute atomic E-state index is 0.0648. The predicted octanol–water partition coefficient (Wildman–Crippen LogP) is 16.8. The molecule has 0 saturated carbocycles. The van der Waals surface area contributed by atoms with Crippen molar-refractivity contribution in [3.63, 3.8) is 0 Å². The number of rotatable bonds is 46. The Morgan fingerprint density at radius 1 is 0.288 bits per heavy atom. The largest absolute Gasteiger partial charge is 0.462 e. The van der Waals surface area contributed by atoms with Gasteiger partial charge < -0.3 is 14.2 Å². The molecule has 0 radical (unpaired) electrons. The summed E-state index contributed by atoms with van der Waals surface area (Å²) in [6.07, 6.45) is 43.8. The second kappa shape index (κ2) is 44.5. The van der Waals surface area contributed by atoms with Crippen LogP contribution in [0.5, 0.6) is 0 Å². The highest BCUT2D eigenvalue weighted by atomic mass is 16.6. The first-order valence-electron chi connectivity index (χ1n) is 26.1. The third-order valence-electron chi connectivity index (χ3n) is 11.9. The molecule has 0 aliphatic rings. The van der Waals surface area contributed by atoms with Crippen LogP contribution in [0.4, 0.5) is 0 Å². The van der Waals surface area contributed by atoms with Crippen LogP contribution in [0, 0.1) is 17.8 Å². The molecule has 6 heteroatoms. The molecule has 0 rings (SSSR count). The topological polar surface area (TPSA) is 78.9 Å². The summed E-state index contributed by atoms with van der Waals surface area (Å²) >= 11 is 0. The van der Waals surface area contributed by atoms with Gasteiger partial charge in [-0.25, -0.2) is 0 Å². The van der Waals surface area contributed by atoms with Crippen LogP contribution in [0.2, 0.25) is 0 Å². The summed E-state index contributed by atoms with van der Waals surface area (Å²) in [5.74, 6) is 1.61. The maximum absolute atomic E-state index is 12.8. The van der Waals surface area contributed by atoms with E-state index in [1.807, 2.05) is 0 Å². The molecule has 0 aromatic rings. The van der Waals surface area contributed by atoms with Crippen molar-refractivity contribution in [2.24, 2.45) is 17.8 Å². The normalized spacial score (nSPS) is 12.2. The monoisotopic (exact) mass is 835 g/mol. The Morgan fingerprint density at radius 3 is 0.729 bits per heavy atom. The summed E-state index contributed by atoms with van der Waals surface area (Å²) in [6, 6.07) is 0. The van der Waals surface area contributed by atoms with E-state index in [1.54, 1.807) is 0 Å². The first-order valence-corrected chi connectivity index (χ1v) is 26.1. The minimum Gasteiger partial charge on any atom is -0.462 e. The van der Waals surface area contributed by atoms with E-state index in [0.717, 1.165) is 75.5 Å². The van der Waals surface area contributed by atoms with Gasteiger partial charge in [0.2, 0.25) is 0 Å². The van der Waals surface area contributed by atoms with Gasteiger partial charge in [-0.05, 0) is 37.0 Å². The molecular formula is C53H102O6. The fourth-order valence-corrected chi connectivity index (χ4v) is 7.94. The molecule has 350 valence electrons. The first-order chi connectivity index (χ1) is 28.6. The highest BCUT2D eigenvalue weighted by molar-refractivity contribution is 5.71. The molecule has 0 heterocycles. The molecule has 0 unspecified atom stereocenters. The maximum atomic E-state index is 12.8. The second-order valence-corrected chi connectivity index (χ2v) is 19.6. The average molecular weight is 835 g/mol. The molecule has 0 aromatic heterocycles. The van der Waals surface area contributed by atoms with E-state index in [-0.39, 0.29) is 31.1 Å². The fourth-order valence-electron chi connectivity index (χ4n) is 7.94. The van der Waals surface area contributed by atoms with Crippen LogP contribution < -0.4 is 0 Å². The van der Waals surface area contributed by atoms with Gasteiger partial charge in [0.05, 0.1) is 0 Å². The highest BCUT2D eigenvalue weighted by Crippen LogP contribution is 2.18. The molecule has 0 aliphatic carbocycles. The van der Waals surface area contributed by atoms with Gasteiger partial charge >= 0.3 is 17.9 Å². The molecule has 0 aromatic carbocycles. The zero-order valence-electron chi connectivity index (χ0n) is 40.5. The van der Waals surface area contributed by atoms with Crippen LogP contribution in [-0.4, -0.2) is 37.2 Å². The summed E-state index contributed by atoms with van der Waals surface area (Å²) < 4.78 is 16.8. The van der Waals surface area contributed by atoms with Gasteiger partial charge in [-0.1, -0.05) is 247 Å². The molecule has 6 nitrogen and oxygen atoms in total. The van der Waals surface area contributed by atoms with Gasteiger partial charge in [0.1, 0.15) is 13.2 Å². The lowest BCUT2D eigenvalue weighted by Gasteiger charge is -2.18. The number of hydrogen-bond donors (Lipinski definition) is 0. The molecule has 0 fully saturated rings.